The van der Waals surface area contributed by atoms with E-state index in [-0.39, 0.29) is 77.8 Å². The number of hydrogen-bond donors (Lipinski definition) is 0. The van der Waals surface area contributed by atoms with E-state index in [4.69, 9.17) is 15.5 Å². The van der Waals surface area contributed by atoms with E-state index >= 15 is 0 Å². The Morgan fingerprint density at radius 1 is 0.290 bits per heavy atom. The third kappa shape index (κ3) is 6.18. The van der Waals surface area contributed by atoms with E-state index in [0.717, 1.165) is 21.9 Å². The zero-order valence-electron chi connectivity index (χ0n) is 52.2. The molecule has 4 aromatic heterocycles. The minimum atomic E-state index is -0.674. The number of fused-ring (bicyclic) bond motifs is 9. The maximum Gasteiger partial charge on any atom is 0.160 e. The van der Waals surface area contributed by atoms with Crippen LogP contribution >= 0.6 is 0 Å². The van der Waals surface area contributed by atoms with Gasteiger partial charge >= 0.3 is 0 Å². The van der Waals surface area contributed by atoms with Crippen molar-refractivity contribution in [3.05, 3.63) is 248 Å². The topological polar surface area (TPSA) is 40.6 Å². The SMILES string of the molecule is [2H]c1c([2H])c([2H])c2c(c1[2H])c1c([2H])c([2H])c([2H])c([2H])c1n2-c1cc(-c2cc(-c3ccc(-c4ccccc4)cc3)nc(-c3ccccc3)n2)cc(-n2c3c([2H])c([2H])c([2H])c([2H])c3c3c([2H])c([2H])c([2H])c([2H])c32)c1-n1c2ccccc2c2ccccc21. The lowest BCUT2D eigenvalue weighted by Crippen LogP contribution is -2.10. The summed E-state index contributed by atoms with van der Waals surface area (Å²) in [5, 5.41) is 0.571. The van der Waals surface area contributed by atoms with Crippen molar-refractivity contribution in [2.75, 3.05) is 0 Å². The Kier molecular flexibility index (Phi) is 5.93. The maximum atomic E-state index is 9.81. The Balaban J connectivity index is 1.27. The predicted molar refractivity (Wildman–Crippen MR) is 287 cm³/mol. The van der Waals surface area contributed by atoms with Gasteiger partial charge in [0.2, 0.25) is 0 Å². The minimum absolute atomic E-state index is 0.000577. The zero-order chi connectivity index (χ0) is 59.3. The van der Waals surface area contributed by atoms with Gasteiger partial charge in [-0.05, 0) is 65.6 Å². The summed E-state index contributed by atoms with van der Waals surface area (Å²) < 4.78 is 155. The molecular formula is C64H41N5. The highest BCUT2D eigenvalue weighted by atomic mass is 15.1. The van der Waals surface area contributed by atoms with Crippen LogP contribution in [0.2, 0.25) is 0 Å². The summed E-state index contributed by atoms with van der Waals surface area (Å²) in [6.45, 7) is 0. The van der Waals surface area contributed by atoms with Crippen LogP contribution in [0.1, 0.15) is 21.9 Å². The lowest BCUT2D eigenvalue weighted by molar-refractivity contribution is 1.05. The van der Waals surface area contributed by atoms with Crippen molar-refractivity contribution in [3.63, 3.8) is 0 Å². The highest BCUT2D eigenvalue weighted by Gasteiger charge is 2.26. The van der Waals surface area contributed by atoms with Gasteiger partial charge in [0.05, 0.1) is 83.5 Å². The van der Waals surface area contributed by atoms with Crippen molar-refractivity contribution in [2.24, 2.45) is 0 Å². The largest absolute Gasteiger partial charge is 0.307 e. The molecule has 69 heavy (non-hydrogen) atoms. The van der Waals surface area contributed by atoms with E-state index in [0.29, 0.717) is 27.9 Å². The van der Waals surface area contributed by atoms with Gasteiger partial charge in [0.15, 0.2) is 5.82 Å². The van der Waals surface area contributed by atoms with Gasteiger partial charge in [-0.2, -0.15) is 0 Å². The Morgan fingerprint density at radius 3 is 1.14 bits per heavy atom. The second-order valence-corrected chi connectivity index (χ2v) is 16.6. The third-order valence-corrected chi connectivity index (χ3v) is 12.8. The standard InChI is InChI=1S/C64H41N5/c1-3-19-42(20-4-1)43-35-37-44(38-36-43)53-41-54(66-64(65-53)45-21-5-2-6-22-45)46-39-61(67-55-29-13-7-23-47(55)48-24-8-14-30-56(48)67)63(69-59-33-17-11-27-51(59)52-28-12-18-34-60(52)69)62(40-46)68-57-31-15-9-25-49(57)50-26-10-16-32-58(50)68/h1-41H/i7D,8D,9D,10D,13D,14D,15D,16D,23D,24D,25D,26D,29D,30D,31D,32D. The number of rotatable bonds is 7. The first-order valence-electron chi connectivity index (χ1n) is 30.2. The molecule has 0 fully saturated rings. The molecule has 0 N–H and O–H groups in total. The molecule has 0 unspecified atom stereocenters. The smallest absolute Gasteiger partial charge is 0.160 e. The van der Waals surface area contributed by atoms with Crippen molar-refractivity contribution in [3.8, 4) is 62.1 Å². The first-order valence-corrected chi connectivity index (χ1v) is 22.2. The quantitative estimate of drug-likeness (QED) is 0.160. The molecule has 14 rings (SSSR count). The van der Waals surface area contributed by atoms with E-state index in [2.05, 4.69) is 0 Å². The molecule has 0 radical (unpaired) electrons. The van der Waals surface area contributed by atoms with Crippen molar-refractivity contribution in [2.45, 2.75) is 0 Å². The van der Waals surface area contributed by atoms with E-state index < -0.39 is 96.7 Å². The Labute approximate surface area is 420 Å². The van der Waals surface area contributed by atoms with Crippen LogP contribution in [-0.2, 0) is 0 Å². The molecule has 0 aliphatic heterocycles. The van der Waals surface area contributed by atoms with Gasteiger partial charge < -0.3 is 13.7 Å². The van der Waals surface area contributed by atoms with Crippen molar-refractivity contribution < 1.29 is 21.9 Å². The predicted octanol–water partition coefficient (Wildman–Crippen LogP) is 16.4. The average Bonchev–Trinajstić information content (AvgIpc) is 1.89. The van der Waals surface area contributed by atoms with Gasteiger partial charge in [0.25, 0.3) is 0 Å². The molecule has 0 bridgehead atoms. The van der Waals surface area contributed by atoms with Crippen molar-refractivity contribution in [1.82, 2.24) is 23.7 Å². The fourth-order valence-electron chi connectivity index (χ4n) is 9.73. The number of nitrogens with zero attached hydrogens (tertiary/aromatic N) is 5. The molecule has 14 aromatic rings. The summed E-state index contributed by atoms with van der Waals surface area (Å²) >= 11 is 0. The van der Waals surface area contributed by atoms with Crippen LogP contribution in [-0.4, -0.2) is 23.7 Å². The van der Waals surface area contributed by atoms with Gasteiger partial charge in [-0.15, -0.1) is 0 Å². The molecule has 0 saturated carbocycles. The van der Waals surface area contributed by atoms with Gasteiger partial charge in [-0.1, -0.05) is 194 Å². The monoisotopic (exact) mass is 895 g/mol. The zero-order valence-corrected chi connectivity index (χ0v) is 36.2. The fourth-order valence-corrected chi connectivity index (χ4v) is 9.73. The van der Waals surface area contributed by atoms with Crippen LogP contribution in [0.5, 0.6) is 0 Å². The molecule has 0 atom stereocenters. The normalized spacial score (nSPS) is 15.0. The molecule has 0 amide bonds. The Hall–Kier alpha value is -9.32. The highest BCUT2D eigenvalue weighted by molar-refractivity contribution is 6.14. The molecule has 0 aliphatic carbocycles. The third-order valence-electron chi connectivity index (χ3n) is 12.8. The van der Waals surface area contributed by atoms with Gasteiger partial charge in [0, 0.05) is 49.0 Å². The average molecular weight is 896 g/mol. The molecule has 322 valence electrons. The number of hydrogen-bond acceptors (Lipinski definition) is 2. The van der Waals surface area contributed by atoms with E-state index in [1.54, 1.807) is 18.2 Å². The lowest BCUT2D eigenvalue weighted by atomic mass is 10.0. The highest BCUT2D eigenvalue weighted by Crippen LogP contribution is 2.45. The minimum Gasteiger partial charge on any atom is -0.307 e. The van der Waals surface area contributed by atoms with Gasteiger partial charge in [0.1, 0.15) is 0 Å². The first-order chi connectivity index (χ1) is 40.9. The summed E-state index contributed by atoms with van der Waals surface area (Å²) in [5.74, 6) is 0.273. The molecule has 0 aliphatic rings. The lowest BCUT2D eigenvalue weighted by Gasteiger charge is -2.23. The van der Waals surface area contributed by atoms with Crippen LogP contribution in [0.15, 0.2) is 248 Å². The second kappa shape index (κ2) is 15.7. The van der Waals surface area contributed by atoms with Crippen LogP contribution < -0.4 is 0 Å². The van der Waals surface area contributed by atoms with E-state index in [9.17, 15) is 16.4 Å². The summed E-state index contributed by atoms with van der Waals surface area (Å²) in [6.07, 6.45) is 0. The first kappa shape index (κ1) is 26.1. The van der Waals surface area contributed by atoms with E-state index in [1.165, 1.54) is 9.13 Å². The molecule has 0 spiro atoms. The molecule has 5 nitrogen and oxygen atoms in total. The fraction of sp³-hybridized carbons (Fsp3) is 0. The Bertz CT molecular complexity index is 4860. The number of aromatic nitrogens is 5. The van der Waals surface area contributed by atoms with E-state index in [1.807, 2.05) is 138 Å². The second-order valence-electron chi connectivity index (χ2n) is 16.6. The molecule has 10 aromatic carbocycles. The van der Waals surface area contributed by atoms with Gasteiger partial charge in [-0.3, -0.25) is 0 Å². The molecule has 5 heteroatoms. The summed E-state index contributed by atoms with van der Waals surface area (Å²) in [5.41, 5.74) is 4.38. The van der Waals surface area contributed by atoms with Crippen LogP contribution in [0.25, 0.3) is 128 Å². The Morgan fingerprint density at radius 2 is 0.667 bits per heavy atom. The van der Waals surface area contributed by atoms with Crippen LogP contribution in [0.3, 0.4) is 0 Å². The van der Waals surface area contributed by atoms with Crippen LogP contribution in [0, 0.1) is 0 Å². The maximum absolute atomic E-state index is 9.81. The van der Waals surface area contributed by atoms with Gasteiger partial charge in [-0.25, -0.2) is 9.97 Å². The molecule has 0 saturated heterocycles. The number of benzene rings is 10. The summed E-state index contributed by atoms with van der Waals surface area (Å²) in [7, 11) is 0. The summed E-state index contributed by atoms with van der Waals surface area (Å²) in [6, 6.07) is 36.8. The summed E-state index contributed by atoms with van der Waals surface area (Å²) in [4.78, 5) is 10.4. The van der Waals surface area contributed by atoms with Crippen LogP contribution in [0.4, 0.5) is 0 Å². The van der Waals surface area contributed by atoms with Crippen molar-refractivity contribution in [1.29, 1.82) is 0 Å². The number of para-hydroxylation sites is 6. The molecule has 4 heterocycles. The van der Waals surface area contributed by atoms with Crippen molar-refractivity contribution >= 4 is 65.4 Å². The molecular weight excluding hydrogens is 839 g/mol.